The molecule has 0 bridgehead atoms. The number of imidazole rings is 1. The second-order valence-electron chi connectivity index (χ2n) is 7.67. The van der Waals surface area contributed by atoms with E-state index in [1.165, 1.54) is 11.1 Å². The second-order valence-corrected chi connectivity index (χ2v) is 7.67. The lowest BCUT2D eigenvalue weighted by atomic mass is 9.88. The molecular weight excluding hydrogens is 338 g/mol. The third-order valence-electron chi connectivity index (χ3n) is 6.19. The number of rotatable bonds is 2. The maximum absolute atomic E-state index is 13.3. The SMILES string of the molecule is COc1cc2c(cc1C)C[C@H]1[C@@H]2CCCN1C(=O)c1ccc2[nH]cnc2c1. The summed E-state index contributed by atoms with van der Waals surface area (Å²) in [4.78, 5) is 22.8. The molecule has 27 heavy (non-hydrogen) atoms. The Morgan fingerprint density at radius 2 is 2.19 bits per heavy atom. The van der Waals surface area contributed by atoms with E-state index in [-0.39, 0.29) is 11.9 Å². The normalized spacial score (nSPS) is 21.2. The van der Waals surface area contributed by atoms with Gasteiger partial charge in [0.2, 0.25) is 0 Å². The fourth-order valence-electron chi connectivity index (χ4n) is 4.89. The first kappa shape index (κ1) is 16.4. The number of methoxy groups -OCH3 is 1. The monoisotopic (exact) mass is 361 g/mol. The Hall–Kier alpha value is -2.82. The molecule has 2 aromatic carbocycles. The highest BCUT2D eigenvalue weighted by Gasteiger charge is 2.41. The van der Waals surface area contributed by atoms with E-state index in [4.69, 9.17) is 4.74 Å². The Balaban J connectivity index is 1.48. The molecule has 0 saturated carbocycles. The van der Waals surface area contributed by atoms with Gasteiger partial charge in [-0.15, -0.1) is 0 Å². The van der Waals surface area contributed by atoms with E-state index in [0.29, 0.717) is 5.92 Å². The van der Waals surface area contributed by atoms with Gasteiger partial charge in [-0.1, -0.05) is 6.07 Å². The molecule has 2 atom stereocenters. The average Bonchev–Trinajstić information content (AvgIpc) is 3.29. The zero-order valence-electron chi connectivity index (χ0n) is 15.7. The van der Waals surface area contributed by atoms with Gasteiger partial charge in [-0.25, -0.2) is 4.98 Å². The second kappa shape index (κ2) is 6.12. The van der Waals surface area contributed by atoms with E-state index < -0.39 is 0 Å². The minimum Gasteiger partial charge on any atom is -0.496 e. The molecule has 5 nitrogen and oxygen atoms in total. The van der Waals surface area contributed by atoms with Crippen molar-refractivity contribution >= 4 is 16.9 Å². The maximum Gasteiger partial charge on any atom is 0.254 e. The number of ether oxygens (including phenoxy) is 1. The molecule has 2 heterocycles. The van der Waals surface area contributed by atoms with Gasteiger partial charge in [-0.2, -0.15) is 0 Å². The van der Waals surface area contributed by atoms with Gasteiger partial charge < -0.3 is 14.6 Å². The summed E-state index contributed by atoms with van der Waals surface area (Å²) in [7, 11) is 1.73. The van der Waals surface area contributed by atoms with E-state index >= 15 is 0 Å². The van der Waals surface area contributed by atoms with Crippen LogP contribution in [0.2, 0.25) is 0 Å². The number of carbonyl (C=O) groups excluding carboxylic acids is 1. The first-order chi connectivity index (χ1) is 13.2. The Morgan fingerprint density at radius 1 is 1.30 bits per heavy atom. The first-order valence-corrected chi connectivity index (χ1v) is 9.57. The van der Waals surface area contributed by atoms with Crippen LogP contribution >= 0.6 is 0 Å². The third-order valence-corrected chi connectivity index (χ3v) is 6.19. The molecule has 138 valence electrons. The van der Waals surface area contributed by atoms with Crippen LogP contribution in [0.4, 0.5) is 0 Å². The van der Waals surface area contributed by atoms with Crippen LogP contribution in [-0.4, -0.2) is 40.5 Å². The molecule has 3 aromatic rings. The summed E-state index contributed by atoms with van der Waals surface area (Å²) in [5, 5.41) is 0. The van der Waals surface area contributed by atoms with Crippen molar-refractivity contribution in [2.24, 2.45) is 0 Å². The Morgan fingerprint density at radius 3 is 3.04 bits per heavy atom. The van der Waals surface area contributed by atoms with Crippen LogP contribution in [0.25, 0.3) is 11.0 Å². The summed E-state index contributed by atoms with van der Waals surface area (Å²) in [6.45, 7) is 2.91. The van der Waals surface area contributed by atoms with Crippen molar-refractivity contribution in [1.29, 1.82) is 0 Å². The number of aromatic nitrogens is 2. The number of nitrogens with one attached hydrogen (secondary N) is 1. The van der Waals surface area contributed by atoms with Gasteiger partial charge in [0.25, 0.3) is 5.91 Å². The summed E-state index contributed by atoms with van der Waals surface area (Å²) in [6, 6.07) is 10.4. The van der Waals surface area contributed by atoms with Crippen molar-refractivity contribution in [2.45, 2.75) is 38.1 Å². The van der Waals surface area contributed by atoms with Crippen molar-refractivity contribution in [3.63, 3.8) is 0 Å². The molecule has 1 N–H and O–H groups in total. The first-order valence-electron chi connectivity index (χ1n) is 9.57. The fourth-order valence-corrected chi connectivity index (χ4v) is 4.89. The molecule has 1 fully saturated rings. The molecule has 1 amide bonds. The zero-order valence-corrected chi connectivity index (χ0v) is 15.7. The van der Waals surface area contributed by atoms with Gasteiger partial charge in [-0.05, 0) is 67.1 Å². The van der Waals surface area contributed by atoms with Crippen LogP contribution in [0.3, 0.4) is 0 Å². The van der Waals surface area contributed by atoms with E-state index in [1.807, 2.05) is 18.2 Å². The number of hydrogen-bond acceptors (Lipinski definition) is 3. The quantitative estimate of drug-likeness (QED) is 0.755. The number of piperidine rings is 1. The molecule has 1 aliphatic heterocycles. The van der Waals surface area contributed by atoms with Crippen LogP contribution in [0.15, 0.2) is 36.7 Å². The Labute approximate surface area is 158 Å². The van der Waals surface area contributed by atoms with Gasteiger partial charge in [0.05, 0.1) is 24.5 Å². The molecule has 1 saturated heterocycles. The minimum absolute atomic E-state index is 0.117. The number of nitrogens with zero attached hydrogens (tertiary/aromatic N) is 2. The number of aryl methyl sites for hydroxylation is 1. The van der Waals surface area contributed by atoms with Gasteiger partial charge in [0, 0.05) is 24.1 Å². The maximum atomic E-state index is 13.3. The fraction of sp³-hybridized carbons (Fsp3) is 0.364. The number of carbonyl (C=O) groups is 1. The molecule has 1 aromatic heterocycles. The summed E-state index contributed by atoms with van der Waals surface area (Å²) < 4.78 is 5.54. The predicted molar refractivity (Wildman–Crippen MR) is 104 cm³/mol. The standard InChI is InChI=1S/C22H23N3O2/c1-13-8-15-10-20-16(17(15)11-21(13)27-2)4-3-7-25(20)22(26)14-5-6-18-19(9-14)24-12-23-18/h5-6,8-9,11-12,16,20H,3-4,7,10H2,1-2H3,(H,23,24)/t16-,20+/m1/s1. The third kappa shape index (κ3) is 2.52. The number of fused-ring (bicyclic) bond motifs is 4. The van der Waals surface area contributed by atoms with Crippen LogP contribution in [-0.2, 0) is 6.42 Å². The molecular formula is C22H23N3O2. The lowest BCUT2D eigenvalue weighted by Crippen LogP contribution is -2.46. The number of H-pyrrole nitrogens is 1. The number of likely N-dealkylation sites (tertiary alicyclic amines) is 1. The van der Waals surface area contributed by atoms with E-state index in [9.17, 15) is 4.79 Å². The molecule has 0 spiro atoms. The van der Waals surface area contributed by atoms with Crippen molar-refractivity contribution in [3.05, 3.63) is 58.9 Å². The van der Waals surface area contributed by atoms with Gasteiger partial charge in [-0.3, -0.25) is 4.79 Å². The summed E-state index contributed by atoms with van der Waals surface area (Å²) >= 11 is 0. The van der Waals surface area contributed by atoms with Crippen LogP contribution < -0.4 is 4.74 Å². The molecule has 0 radical (unpaired) electrons. The smallest absolute Gasteiger partial charge is 0.254 e. The number of hydrogen-bond donors (Lipinski definition) is 1. The predicted octanol–water partition coefficient (Wildman–Crippen LogP) is 3.82. The van der Waals surface area contributed by atoms with Gasteiger partial charge in [0.1, 0.15) is 5.75 Å². The van der Waals surface area contributed by atoms with E-state index in [0.717, 1.165) is 53.7 Å². The summed E-state index contributed by atoms with van der Waals surface area (Å²) in [5.41, 5.74) is 6.41. The number of benzene rings is 2. The van der Waals surface area contributed by atoms with Crippen LogP contribution in [0, 0.1) is 6.92 Å². The summed E-state index contributed by atoms with van der Waals surface area (Å²) in [6.07, 6.45) is 4.76. The lowest BCUT2D eigenvalue weighted by molar-refractivity contribution is 0.0595. The van der Waals surface area contributed by atoms with Gasteiger partial charge in [0.15, 0.2) is 0 Å². The molecule has 5 rings (SSSR count). The summed E-state index contributed by atoms with van der Waals surface area (Å²) in [5.74, 6) is 1.47. The van der Waals surface area contributed by atoms with Crippen molar-refractivity contribution in [1.82, 2.24) is 14.9 Å². The highest BCUT2D eigenvalue weighted by Crippen LogP contribution is 2.44. The van der Waals surface area contributed by atoms with Crippen molar-refractivity contribution in [3.8, 4) is 5.75 Å². The topological polar surface area (TPSA) is 58.2 Å². The van der Waals surface area contributed by atoms with E-state index in [1.54, 1.807) is 13.4 Å². The minimum atomic E-state index is 0.117. The highest BCUT2D eigenvalue weighted by atomic mass is 16.5. The van der Waals surface area contributed by atoms with Crippen LogP contribution in [0.1, 0.15) is 45.8 Å². The number of amides is 1. The van der Waals surface area contributed by atoms with E-state index in [2.05, 4.69) is 33.9 Å². The van der Waals surface area contributed by atoms with Gasteiger partial charge >= 0.3 is 0 Å². The largest absolute Gasteiger partial charge is 0.496 e. The Bertz CT molecular complexity index is 1040. The Kier molecular flexibility index (Phi) is 3.71. The average molecular weight is 361 g/mol. The van der Waals surface area contributed by atoms with Crippen molar-refractivity contribution in [2.75, 3.05) is 13.7 Å². The number of aromatic amines is 1. The molecule has 5 heteroatoms. The highest BCUT2D eigenvalue weighted by molar-refractivity contribution is 5.97. The zero-order chi connectivity index (χ0) is 18.5. The molecule has 1 aliphatic carbocycles. The van der Waals surface area contributed by atoms with Crippen LogP contribution in [0.5, 0.6) is 5.75 Å². The molecule has 0 unspecified atom stereocenters. The molecule has 2 aliphatic rings. The van der Waals surface area contributed by atoms with Crippen molar-refractivity contribution < 1.29 is 9.53 Å². The lowest BCUT2D eigenvalue weighted by Gasteiger charge is -2.38.